The van der Waals surface area contributed by atoms with Gasteiger partial charge in [-0.15, -0.1) is 23.7 Å². The zero-order valence-corrected chi connectivity index (χ0v) is 11.0. The van der Waals surface area contributed by atoms with Crippen molar-refractivity contribution in [2.75, 3.05) is 19.6 Å². The SMILES string of the molecule is Cc1ncc(C(=O)N2CCNC(C)C2)s1.Cl. The largest absolute Gasteiger partial charge is 0.335 e. The zero-order chi connectivity index (χ0) is 10.8. The molecular formula is C10H16ClN3OS. The summed E-state index contributed by atoms with van der Waals surface area (Å²) in [6.45, 7) is 6.47. The number of carbonyl (C=O) groups excluding carboxylic acids is 1. The standard InChI is InChI=1S/C10H15N3OS.ClH/c1-7-6-13(4-3-11-7)10(14)9-5-12-8(2)15-9;/h5,7,11H,3-4,6H2,1-2H3;1H. The average molecular weight is 262 g/mol. The van der Waals surface area contributed by atoms with E-state index in [1.165, 1.54) is 11.3 Å². The second-order valence-corrected chi connectivity index (χ2v) is 5.08. The zero-order valence-electron chi connectivity index (χ0n) is 9.40. The van der Waals surface area contributed by atoms with Crippen LogP contribution in [-0.2, 0) is 0 Å². The number of hydrogen-bond acceptors (Lipinski definition) is 4. The molecule has 0 spiro atoms. The second-order valence-electron chi connectivity index (χ2n) is 3.85. The molecule has 1 aromatic rings. The van der Waals surface area contributed by atoms with E-state index in [9.17, 15) is 4.79 Å². The summed E-state index contributed by atoms with van der Waals surface area (Å²) in [4.78, 5) is 18.8. The van der Waals surface area contributed by atoms with E-state index in [0.717, 1.165) is 29.5 Å². The molecule has 16 heavy (non-hydrogen) atoms. The van der Waals surface area contributed by atoms with Gasteiger partial charge in [-0.2, -0.15) is 0 Å². The molecule has 90 valence electrons. The fourth-order valence-electron chi connectivity index (χ4n) is 1.73. The van der Waals surface area contributed by atoms with Gasteiger partial charge in [0.2, 0.25) is 0 Å². The van der Waals surface area contributed by atoms with Crippen molar-refractivity contribution in [2.24, 2.45) is 0 Å². The quantitative estimate of drug-likeness (QED) is 0.829. The van der Waals surface area contributed by atoms with Gasteiger partial charge in [0.25, 0.3) is 5.91 Å². The molecule has 1 aliphatic heterocycles. The molecule has 2 rings (SSSR count). The van der Waals surface area contributed by atoms with Gasteiger partial charge in [-0.25, -0.2) is 4.98 Å². The molecule has 1 saturated heterocycles. The average Bonchev–Trinajstić information content (AvgIpc) is 2.64. The van der Waals surface area contributed by atoms with E-state index >= 15 is 0 Å². The van der Waals surface area contributed by atoms with Crippen molar-refractivity contribution in [2.45, 2.75) is 19.9 Å². The number of hydrogen-bond donors (Lipinski definition) is 1. The van der Waals surface area contributed by atoms with Gasteiger partial charge < -0.3 is 10.2 Å². The Bertz CT molecular complexity index is 369. The molecule has 0 radical (unpaired) electrons. The maximum atomic E-state index is 12.0. The van der Waals surface area contributed by atoms with E-state index in [0.29, 0.717) is 6.04 Å². The van der Waals surface area contributed by atoms with Gasteiger partial charge >= 0.3 is 0 Å². The number of amides is 1. The van der Waals surface area contributed by atoms with Crippen LogP contribution < -0.4 is 5.32 Å². The van der Waals surface area contributed by atoms with Crippen molar-refractivity contribution < 1.29 is 4.79 Å². The fourth-order valence-corrected chi connectivity index (χ4v) is 2.48. The summed E-state index contributed by atoms with van der Waals surface area (Å²) in [5, 5.41) is 4.26. The Kier molecular flexibility index (Phi) is 4.70. The van der Waals surface area contributed by atoms with Crippen molar-refractivity contribution in [1.82, 2.24) is 15.2 Å². The number of halogens is 1. The van der Waals surface area contributed by atoms with Crippen LogP contribution in [0.5, 0.6) is 0 Å². The van der Waals surface area contributed by atoms with Gasteiger partial charge in [-0.05, 0) is 13.8 Å². The molecule has 0 bridgehead atoms. The summed E-state index contributed by atoms with van der Waals surface area (Å²) >= 11 is 1.47. The third-order valence-electron chi connectivity index (χ3n) is 2.49. The summed E-state index contributed by atoms with van der Waals surface area (Å²) in [6, 6.07) is 0.386. The van der Waals surface area contributed by atoms with E-state index in [1.807, 2.05) is 11.8 Å². The lowest BCUT2D eigenvalue weighted by Gasteiger charge is -2.31. The van der Waals surface area contributed by atoms with Crippen LogP contribution in [-0.4, -0.2) is 41.5 Å². The molecule has 1 N–H and O–H groups in total. The van der Waals surface area contributed by atoms with Gasteiger partial charge in [-0.1, -0.05) is 0 Å². The summed E-state index contributed by atoms with van der Waals surface area (Å²) in [5.41, 5.74) is 0. The minimum atomic E-state index is 0. The smallest absolute Gasteiger partial charge is 0.265 e. The molecule has 0 aliphatic carbocycles. The summed E-state index contributed by atoms with van der Waals surface area (Å²) in [7, 11) is 0. The number of aryl methyl sites for hydroxylation is 1. The molecule has 1 fully saturated rings. The molecule has 4 nitrogen and oxygen atoms in total. The van der Waals surface area contributed by atoms with Crippen LogP contribution in [0.25, 0.3) is 0 Å². The number of nitrogens with zero attached hydrogens (tertiary/aromatic N) is 2. The highest BCUT2D eigenvalue weighted by atomic mass is 35.5. The van der Waals surface area contributed by atoms with Crippen LogP contribution in [0.1, 0.15) is 21.6 Å². The topological polar surface area (TPSA) is 45.2 Å². The number of piperazine rings is 1. The monoisotopic (exact) mass is 261 g/mol. The molecule has 1 aliphatic rings. The minimum absolute atomic E-state index is 0. The van der Waals surface area contributed by atoms with E-state index in [2.05, 4.69) is 17.2 Å². The van der Waals surface area contributed by atoms with Crippen molar-refractivity contribution in [3.63, 3.8) is 0 Å². The molecule has 1 amide bonds. The number of carbonyl (C=O) groups is 1. The number of aromatic nitrogens is 1. The van der Waals surface area contributed by atoms with Gasteiger partial charge in [0, 0.05) is 25.7 Å². The molecule has 1 unspecified atom stereocenters. The highest BCUT2D eigenvalue weighted by molar-refractivity contribution is 7.13. The van der Waals surface area contributed by atoms with Crippen molar-refractivity contribution >= 4 is 29.7 Å². The molecule has 0 aromatic carbocycles. The van der Waals surface area contributed by atoms with Crippen LogP contribution in [0.2, 0.25) is 0 Å². The van der Waals surface area contributed by atoms with Crippen LogP contribution in [0.15, 0.2) is 6.20 Å². The van der Waals surface area contributed by atoms with Gasteiger partial charge in [0.1, 0.15) is 4.88 Å². The Labute approximate surface area is 105 Å². The van der Waals surface area contributed by atoms with Crippen molar-refractivity contribution in [3.8, 4) is 0 Å². The van der Waals surface area contributed by atoms with E-state index < -0.39 is 0 Å². The van der Waals surface area contributed by atoms with Crippen LogP contribution in [0, 0.1) is 6.92 Å². The van der Waals surface area contributed by atoms with Gasteiger partial charge in [0.15, 0.2) is 0 Å². The van der Waals surface area contributed by atoms with Gasteiger partial charge in [-0.3, -0.25) is 4.79 Å². The van der Waals surface area contributed by atoms with Crippen LogP contribution >= 0.6 is 23.7 Å². The normalized spacial score (nSPS) is 20.4. The van der Waals surface area contributed by atoms with Crippen molar-refractivity contribution in [3.05, 3.63) is 16.1 Å². The van der Waals surface area contributed by atoms with E-state index in [1.54, 1.807) is 6.20 Å². The van der Waals surface area contributed by atoms with Crippen molar-refractivity contribution in [1.29, 1.82) is 0 Å². The summed E-state index contributed by atoms with van der Waals surface area (Å²) < 4.78 is 0. The Hall–Kier alpha value is -0.650. The molecule has 1 aromatic heterocycles. The lowest BCUT2D eigenvalue weighted by molar-refractivity contribution is 0.0714. The first-order valence-corrected chi connectivity index (χ1v) is 5.93. The lowest BCUT2D eigenvalue weighted by atomic mass is 10.2. The third kappa shape index (κ3) is 2.93. The van der Waals surface area contributed by atoms with Gasteiger partial charge in [0.05, 0.1) is 11.2 Å². The summed E-state index contributed by atoms with van der Waals surface area (Å²) in [5.74, 6) is 0.119. The van der Waals surface area contributed by atoms with Crippen LogP contribution in [0.3, 0.4) is 0 Å². The fraction of sp³-hybridized carbons (Fsp3) is 0.600. The molecule has 6 heteroatoms. The Morgan fingerprint density at radius 2 is 2.44 bits per heavy atom. The highest BCUT2D eigenvalue weighted by Crippen LogP contribution is 2.15. The maximum absolute atomic E-state index is 12.0. The summed E-state index contributed by atoms with van der Waals surface area (Å²) in [6.07, 6.45) is 1.68. The molecule has 1 atom stereocenters. The highest BCUT2D eigenvalue weighted by Gasteiger charge is 2.22. The molecular weight excluding hydrogens is 246 g/mol. The first-order valence-electron chi connectivity index (χ1n) is 5.12. The first-order chi connectivity index (χ1) is 7.16. The molecule has 2 heterocycles. The maximum Gasteiger partial charge on any atom is 0.265 e. The number of rotatable bonds is 1. The number of nitrogens with one attached hydrogen (secondary N) is 1. The van der Waals surface area contributed by atoms with E-state index in [4.69, 9.17) is 0 Å². The number of thiazole rings is 1. The second kappa shape index (κ2) is 5.61. The lowest BCUT2D eigenvalue weighted by Crippen LogP contribution is -2.51. The Morgan fingerprint density at radius 1 is 1.69 bits per heavy atom. The minimum Gasteiger partial charge on any atom is -0.335 e. The predicted molar refractivity (Wildman–Crippen MR) is 67.5 cm³/mol. The Balaban J connectivity index is 0.00000128. The Morgan fingerprint density at radius 3 is 3.00 bits per heavy atom. The predicted octanol–water partition coefficient (Wildman–Crippen LogP) is 1.31. The third-order valence-corrected chi connectivity index (χ3v) is 3.39. The first kappa shape index (κ1) is 13.4. The van der Waals surface area contributed by atoms with E-state index in [-0.39, 0.29) is 18.3 Å². The van der Waals surface area contributed by atoms with Crippen LogP contribution in [0.4, 0.5) is 0 Å². The molecule has 0 saturated carbocycles.